The molecule has 29 heteroatoms. The third kappa shape index (κ3) is 12.6. The molecule has 9 N–H and O–H groups in total. The molecule has 49 heavy (non-hydrogen) atoms. The number of imidazole rings is 1. The fourth-order valence-corrected chi connectivity index (χ4v) is 11.0. The van der Waals surface area contributed by atoms with Crippen molar-refractivity contribution in [1.82, 2.24) is 19.5 Å². The molecule has 1 aliphatic heterocycles. The monoisotopic (exact) mass is 821 g/mol. The molecule has 1 fully saturated rings. The number of phosphoric ester groups is 1. The molecule has 0 spiro atoms. The van der Waals surface area contributed by atoms with E-state index in [0.29, 0.717) is 19.3 Å². The standard InChI is InChI=1S/C20H34N5O18P3S3/c1-2-48(36,37)8-5-3-4-6-9-49(38,39)10-7-47-20-22-13-16(23-19(21)24-17(13)28)25(20)18-15(27)14(26)12(41-18)11-40-45(32,33)43-46(34,35)42-44(29,30)31/h2,12,14-15,18,26-27H,1,3-11H2,(H,32,33)(H,34,35)(H2,29,30,31)(H3,21,23,24,28)/t12-,14-,15-,18?/m0/s1. The molecule has 0 amide bonds. The van der Waals surface area contributed by atoms with Gasteiger partial charge in [-0.15, -0.1) is 0 Å². The summed E-state index contributed by atoms with van der Waals surface area (Å²) in [6, 6.07) is 0. The van der Waals surface area contributed by atoms with E-state index in [9.17, 15) is 55.3 Å². The first-order chi connectivity index (χ1) is 22.4. The molecular formula is C20H34N5O18P3S3. The van der Waals surface area contributed by atoms with E-state index in [1.807, 2.05) is 0 Å². The number of unbranched alkanes of at least 4 members (excludes halogenated alkanes) is 3. The summed E-state index contributed by atoms with van der Waals surface area (Å²) >= 11 is 0.805. The van der Waals surface area contributed by atoms with Crippen molar-refractivity contribution in [2.75, 3.05) is 35.4 Å². The number of fused-ring (bicyclic) bond motifs is 1. The first-order valence-corrected chi connectivity index (χ1v) is 22.8. The molecule has 6 atom stereocenters. The summed E-state index contributed by atoms with van der Waals surface area (Å²) in [6.45, 7) is 2.09. The topological polar surface area (TPSA) is 367 Å². The lowest BCUT2D eigenvalue weighted by atomic mass is 10.1. The van der Waals surface area contributed by atoms with Crippen molar-refractivity contribution in [1.29, 1.82) is 0 Å². The molecule has 0 saturated carbocycles. The highest BCUT2D eigenvalue weighted by Crippen LogP contribution is 2.66. The van der Waals surface area contributed by atoms with Gasteiger partial charge >= 0.3 is 23.5 Å². The number of hydrogen-bond acceptors (Lipinski definition) is 18. The number of rotatable bonds is 20. The average molecular weight is 822 g/mol. The van der Waals surface area contributed by atoms with E-state index in [1.165, 1.54) is 0 Å². The van der Waals surface area contributed by atoms with Gasteiger partial charge in [-0.1, -0.05) is 31.2 Å². The van der Waals surface area contributed by atoms with Crippen LogP contribution in [0.3, 0.4) is 0 Å². The van der Waals surface area contributed by atoms with E-state index in [1.54, 1.807) is 0 Å². The number of anilines is 1. The molecule has 23 nitrogen and oxygen atoms in total. The van der Waals surface area contributed by atoms with E-state index in [-0.39, 0.29) is 45.8 Å². The molecule has 1 aliphatic rings. The number of nitrogens with zero attached hydrogens (tertiary/aromatic N) is 3. The maximum Gasteiger partial charge on any atom is 0.490 e. The maximum absolute atomic E-state index is 12.6. The van der Waals surface area contributed by atoms with E-state index < -0.39 is 85.8 Å². The number of ether oxygens (including phenoxy) is 1. The number of nitrogens with two attached hydrogens (primary N) is 1. The van der Waals surface area contributed by atoms with E-state index in [2.05, 4.69) is 34.7 Å². The van der Waals surface area contributed by atoms with Crippen molar-refractivity contribution < 1.29 is 78.2 Å². The Morgan fingerprint density at radius 1 is 0.959 bits per heavy atom. The highest BCUT2D eigenvalue weighted by Gasteiger charge is 2.47. The third-order valence-corrected chi connectivity index (χ3v) is 14.6. The van der Waals surface area contributed by atoms with Crippen LogP contribution in [-0.4, -0.2) is 114 Å². The molecule has 3 rings (SSSR count). The Hall–Kier alpha value is -1.57. The maximum atomic E-state index is 12.6. The van der Waals surface area contributed by atoms with E-state index in [4.69, 9.17) is 20.3 Å². The Kier molecular flexibility index (Phi) is 14.0. The summed E-state index contributed by atoms with van der Waals surface area (Å²) in [5.41, 5.74) is 4.25. The van der Waals surface area contributed by atoms with Crippen molar-refractivity contribution in [3.63, 3.8) is 0 Å². The number of nitrogens with one attached hydrogen (secondary N) is 1. The number of aromatic amines is 1. The zero-order chi connectivity index (χ0) is 37.0. The van der Waals surface area contributed by atoms with Gasteiger partial charge in [-0.05, 0) is 12.8 Å². The Morgan fingerprint density at radius 2 is 1.59 bits per heavy atom. The predicted octanol–water partition coefficient (Wildman–Crippen LogP) is -0.710. The quantitative estimate of drug-likeness (QED) is 0.0464. The zero-order valence-electron chi connectivity index (χ0n) is 25.0. The largest absolute Gasteiger partial charge is 0.490 e. The van der Waals surface area contributed by atoms with Crippen LogP contribution in [0.25, 0.3) is 11.2 Å². The fourth-order valence-electron chi connectivity index (χ4n) is 4.29. The van der Waals surface area contributed by atoms with Crippen LogP contribution in [-0.2, 0) is 51.3 Å². The zero-order valence-corrected chi connectivity index (χ0v) is 30.2. The molecule has 3 unspecified atom stereocenters. The number of sulfone groups is 2. The third-order valence-electron chi connectivity index (χ3n) is 6.46. The summed E-state index contributed by atoms with van der Waals surface area (Å²) in [6.07, 6.45) is -5.58. The van der Waals surface area contributed by atoms with Gasteiger partial charge in [0.15, 0.2) is 42.2 Å². The minimum absolute atomic E-state index is 0.0881. The normalized spacial score (nSPS) is 23.0. The summed E-state index contributed by atoms with van der Waals surface area (Å²) in [5, 5.41) is 22.1. The lowest BCUT2D eigenvalue weighted by Crippen LogP contribution is -2.33. The van der Waals surface area contributed by atoms with Gasteiger partial charge in [-0.25, -0.2) is 35.5 Å². The van der Waals surface area contributed by atoms with Crippen molar-refractivity contribution in [2.24, 2.45) is 0 Å². The number of nitrogen functional groups attached to an aromatic ring is 1. The van der Waals surface area contributed by atoms with Crippen LogP contribution in [0.2, 0.25) is 0 Å². The number of thioether (sulfide) groups is 1. The number of aromatic nitrogens is 4. The summed E-state index contributed by atoms with van der Waals surface area (Å²) in [5.74, 6) is -1.16. The molecule has 0 aromatic carbocycles. The first kappa shape index (κ1) is 41.8. The van der Waals surface area contributed by atoms with Crippen molar-refractivity contribution >= 4 is 72.0 Å². The van der Waals surface area contributed by atoms with Crippen molar-refractivity contribution in [3.8, 4) is 0 Å². The van der Waals surface area contributed by atoms with Crippen LogP contribution < -0.4 is 11.3 Å². The minimum Gasteiger partial charge on any atom is -0.387 e. The second kappa shape index (κ2) is 16.4. The Labute approximate surface area is 282 Å². The number of phosphoric acid groups is 3. The lowest BCUT2D eigenvalue weighted by molar-refractivity contribution is -0.0540. The molecular weight excluding hydrogens is 787 g/mol. The van der Waals surface area contributed by atoms with Crippen LogP contribution in [0.4, 0.5) is 5.95 Å². The number of aliphatic hydroxyl groups excluding tert-OH is 2. The van der Waals surface area contributed by atoms with Crippen LogP contribution in [0.1, 0.15) is 31.9 Å². The molecule has 3 heterocycles. The van der Waals surface area contributed by atoms with Gasteiger partial charge in [-0.2, -0.15) is 13.6 Å². The molecule has 280 valence electrons. The Bertz CT molecular complexity index is 1930. The van der Waals surface area contributed by atoms with E-state index in [0.717, 1.165) is 21.7 Å². The molecule has 0 radical (unpaired) electrons. The van der Waals surface area contributed by atoms with Crippen molar-refractivity contribution in [2.45, 2.75) is 55.4 Å². The van der Waals surface area contributed by atoms with E-state index >= 15 is 0 Å². The van der Waals surface area contributed by atoms with Gasteiger partial charge in [0.05, 0.1) is 23.9 Å². The molecule has 0 aliphatic carbocycles. The number of aliphatic hydroxyl groups is 2. The molecule has 0 bridgehead atoms. The van der Waals surface area contributed by atoms with Gasteiger partial charge < -0.3 is 40.3 Å². The van der Waals surface area contributed by atoms with Crippen LogP contribution >= 0.6 is 35.2 Å². The van der Waals surface area contributed by atoms with Crippen LogP contribution in [0, 0.1) is 0 Å². The highest BCUT2D eigenvalue weighted by atomic mass is 32.2. The number of hydrogen-bond donors (Lipinski definition) is 8. The highest BCUT2D eigenvalue weighted by molar-refractivity contribution is 8.00. The Balaban J connectivity index is 1.71. The Morgan fingerprint density at radius 3 is 2.20 bits per heavy atom. The number of H-pyrrole nitrogens is 1. The smallest absolute Gasteiger partial charge is 0.387 e. The summed E-state index contributed by atoms with van der Waals surface area (Å²) in [7, 11) is -24.1. The predicted molar refractivity (Wildman–Crippen MR) is 170 cm³/mol. The lowest BCUT2D eigenvalue weighted by Gasteiger charge is -2.20. The van der Waals surface area contributed by atoms with Crippen LogP contribution in [0.15, 0.2) is 21.9 Å². The second-order valence-electron chi connectivity index (χ2n) is 10.3. The molecule has 1 saturated heterocycles. The first-order valence-electron chi connectivity index (χ1n) is 13.7. The average Bonchev–Trinajstić information content (AvgIpc) is 3.43. The second-order valence-corrected chi connectivity index (χ2v) is 20.1. The van der Waals surface area contributed by atoms with Gasteiger partial charge in [0.1, 0.15) is 18.3 Å². The fraction of sp³-hybridized carbons (Fsp3) is 0.650. The summed E-state index contributed by atoms with van der Waals surface area (Å²) in [4.78, 5) is 59.2. The minimum atomic E-state index is -5.85. The SMILES string of the molecule is C=CS(=O)(=O)CCCCCCS(=O)(=O)CCSc1nc2c(=O)[nH]c(N)nc2n1C1O[C@@H](COP(=O)(O)OP(=O)(O)OP(=O)(O)O)[C@H](O)[C@@H]1O. The van der Waals surface area contributed by atoms with Gasteiger partial charge in [0.2, 0.25) is 5.95 Å². The van der Waals surface area contributed by atoms with Crippen LogP contribution in [0.5, 0.6) is 0 Å². The van der Waals surface area contributed by atoms with Crippen molar-refractivity contribution in [3.05, 3.63) is 22.3 Å². The molecule has 2 aromatic heterocycles. The van der Waals surface area contributed by atoms with Gasteiger partial charge in [0.25, 0.3) is 5.56 Å². The summed E-state index contributed by atoms with van der Waals surface area (Å²) < 4.78 is 101. The molecule has 2 aromatic rings. The van der Waals surface area contributed by atoms with Gasteiger partial charge in [-0.3, -0.25) is 18.9 Å². The van der Waals surface area contributed by atoms with Gasteiger partial charge in [0, 0.05) is 11.2 Å².